The van der Waals surface area contributed by atoms with Crippen molar-refractivity contribution in [1.82, 2.24) is 5.32 Å². The SMILES string of the molecule is COc1ccccc1/C=C/CNCc1ccc(F)c(CO)c1. The van der Waals surface area contributed by atoms with E-state index in [1.807, 2.05) is 36.4 Å². The van der Waals surface area contributed by atoms with Crippen molar-refractivity contribution in [1.29, 1.82) is 0 Å². The van der Waals surface area contributed by atoms with Crippen molar-refractivity contribution in [2.75, 3.05) is 13.7 Å². The summed E-state index contributed by atoms with van der Waals surface area (Å²) in [7, 11) is 1.65. The molecular formula is C18H20FNO2. The zero-order valence-corrected chi connectivity index (χ0v) is 12.6. The summed E-state index contributed by atoms with van der Waals surface area (Å²) in [4.78, 5) is 0. The first-order chi connectivity index (χ1) is 10.7. The molecule has 0 saturated heterocycles. The Hall–Kier alpha value is -2.17. The highest BCUT2D eigenvalue weighted by atomic mass is 19.1. The van der Waals surface area contributed by atoms with Gasteiger partial charge in [-0.1, -0.05) is 36.4 Å². The lowest BCUT2D eigenvalue weighted by Crippen LogP contribution is -2.13. The van der Waals surface area contributed by atoms with Crippen molar-refractivity contribution >= 4 is 6.08 Å². The van der Waals surface area contributed by atoms with Gasteiger partial charge in [-0.25, -0.2) is 4.39 Å². The van der Waals surface area contributed by atoms with E-state index in [9.17, 15) is 4.39 Å². The predicted octanol–water partition coefficient (Wildman–Crippen LogP) is 3.13. The van der Waals surface area contributed by atoms with Gasteiger partial charge in [0, 0.05) is 24.2 Å². The Labute approximate surface area is 130 Å². The zero-order valence-electron chi connectivity index (χ0n) is 12.6. The molecule has 116 valence electrons. The number of hydrogen-bond acceptors (Lipinski definition) is 3. The topological polar surface area (TPSA) is 41.5 Å². The highest BCUT2D eigenvalue weighted by Gasteiger charge is 2.02. The average Bonchev–Trinajstić information content (AvgIpc) is 2.56. The van der Waals surface area contributed by atoms with Crippen molar-refractivity contribution in [3.63, 3.8) is 0 Å². The minimum Gasteiger partial charge on any atom is -0.496 e. The first-order valence-corrected chi connectivity index (χ1v) is 7.13. The van der Waals surface area contributed by atoms with Gasteiger partial charge in [0.25, 0.3) is 0 Å². The molecule has 2 aromatic rings. The summed E-state index contributed by atoms with van der Waals surface area (Å²) < 4.78 is 18.5. The van der Waals surface area contributed by atoms with Crippen LogP contribution < -0.4 is 10.1 Å². The highest BCUT2D eigenvalue weighted by Crippen LogP contribution is 2.18. The molecule has 0 aliphatic carbocycles. The maximum atomic E-state index is 13.3. The van der Waals surface area contributed by atoms with Crippen molar-refractivity contribution < 1.29 is 14.2 Å². The van der Waals surface area contributed by atoms with Crippen LogP contribution in [0.25, 0.3) is 6.08 Å². The number of para-hydroxylation sites is 1. The van der Waals surface area contributed by atoms with E-state index in [1.54, 1.807) is 19.2 Å². The molecule has 0 radical (unpaired) electrons. The largest absolute Gasteiger partial charge is 0.496 e. The van der Waals surface area contributed by atoms with Crippen LogP contribution in [0.15, 0.2) is 48.5 Å². The summed E-state index contributed by atoms with van der Waals surface area (Å²) >= 11 is 0. The predicted molar refractivity (Wildman–Crippen MR) is 86.1 cm³/mol. The summed E-state index contributed by atoms with van der Waals surface area (Å²) in [6.07, 6.45) is 4.00. The fraction of sp³-hybridized carbons (Fsp3) is 0.222. The maximum Gasteiger partial charge on any atom is 0.128 e. The second-order valence-corrected chi connectivity index (χ2v) is 4.86. The van der Waals surface area contributed by atoms with Gasteiger partial charge in [0.05, 0.1) is 13.7 Å². The van der Waals surface area contributed by atoms with Crippen LogP contribution in [0.5, 0.6) is 5.75 Å². The molecule has 3 nitrogen and oxygen atoms in total. The summed E-state index contributed by atoms with van der Waals surface area (Å²) in [6.45, 7) is 1.01. The second kappa shape index (κ2) is 8.32. The Morgan fingerprint density at radius 2 is 2.05 bits per heavy atom. The molecular weight excluding hydrogens is 281 g/mol. The second-order valence-electron chi connectivity index (χ2n) is 4.86. The summed E-state index contributed by atoms with van der Waals surface area (Å²) in [6, 6.07) is 12.6. The fourth-order valence-electron chi connectivity index (χ4n) is 2.15. The van der Waals surface area contributed by atoms with Crippen LogP contribution in [0, 0.1) is 5.82 Å². The van der Waals surface area contributed by atoms with Gasteiger partial charge in [-0.15, -0.1) is 0 Å². The number of nitrogens with one attached hydrogen (secondary N) is 1. The van der Waals surface area contributed by atoms with E-state index < -0.39 is 0 Å². The summed E-state index contributed by atoms with van der Waals surface area (Å²) in [5.74, 6) is 0.465. The van der Waals surface area contributed by atoms with Gasteiger partial charge >= 0.3 is 0 Å². The van der Waals surface area contributed by atoms with Crippen molar-refractivity contribution in [3.05, 3.63) is 71.0 Å². The van der Waals surface area contributed by atoms with Gasteiger partial charge in [-0.3, -0.25) is 0 Å². The molecule has 0 aliphatic heterocycles. The summed E-state index contributed by atoms with van der Waals surface area (Å²) in [5.41, 5.74) is 2.29. The minimum atomic E-state index is -0.373. The normalized spacial score (nSPS) is 11.0. The number of aliphatic hydroxyl groups is 1. The Morgan fingerprint density at radius 1 is 1.23 bits per heavy atom. The molecule has 2 rings (SSSR count). The van der Waals surface area contributed by atoms with E-state index in [2.05, 4.69) is 5.32 Å². The van der Waals surface area contributed by atoms with E-state index in [1.165, 1.54) is 6.07 Å². The zero-order chi connectivity index (χ0) is 15.8. The van der Waals surface area contributed by atoms with Gasteiger partial charge in [0.2, 0.25) is 0 Å². The average molecular weight is 301 g/mol. The molecule has 0 spiro atoms. The lowest BCUT2D eigenvalue weighted by Gasteiger charge is -2.06. The van der Waals surface area contributed by atoms with E-state index >= 15 is 0 Å². The molecule has 22 heavy (non-hydrogen) atoms. The number of ether oxygens (including phenoxy) is 1. The lowest BCUT2D eigenvalue weighted by atomic mass is 10.1. The lowest BCUT2D eigenvalue weighted by molar-refractivity contribution is 0.275. The molecule has 4 heteroatoms. The van der Waals surface area contributed by atoms with Gasteiger partial charge in [-0.2, -0.15) is 0 Å². The van der Waals surface area contributed by atoms with Crippen LogP contribution in [0.1, 0.15) is 16.7 Å². The number of methoxy groups -OCH3 is 1. The van der Waals surface area contributed by atoms with Gasteiger partial charge in [0.15, 0.2) is 0 Å². The molecule has 0 bridgehead atoms. The number of rotatable bonds is 7. The third kappa shape index (κ3) is 4.41. The number of halogens is 1. The van der Waals surface area contributed by atoms with Crippen LogP contribution in [-0.2, 0) is 13.2 Å². The Kier molecular flexibility index (Phi) is 6.13. The van der Waals surface area contributed by atoms with Gasteiger partial charge < -0.3 is 15.2 Å². The number of benzene rings is 2. The number of hydrogen-bond donors (Lipinski definition) is 2. The summed E-state index contributed by atoms with van der Waals surface area (Å²) in [5, 5.41) is 12.3. The quantitative estimate of drug-likeness (QED) is 0.772. The van der Waals surface area contributed by atoms with Crippen LogP contribution in [0.3, 0.4) is 0 Å². The van der Waals surface area contributed by atoms with Crippen molar-refractivity contribution in [2.45, 2.75) is 13.2 Å². The first-order valence-electron chi connectivity index (χ1n) is 7.13. The minimum absolute atomic E-state index is 0.284. The molecule has 2 N–H and O–H groups in total. The monoisotopic (exact) mass is 301 g/mol. The van der Waals surface area contributed by atoms with Crippen molar-refractivity contribution in [3.8, 4) is 5.75 Å². The molecule has 0 aliphatic rings. The molecule has 0 fully saturated rings. The third-order valence-electron chi connectivity index (χ3n) is 3.31. The van der Waals surface area contributed by atoms with Crippen LogP contribution in [0.4, 0.5) is 4.39 Å². The Bertz CT molecular complexity index is 641. The van der Waals surface area contributed by atoms with Crippen LogP contribution in [-0.4, -0.2) is 18.8 Å². The molecule has 0 aromatic heterocycles. The van der Waals surface area contributed by atoms with Crippen LogP contribution in [0.2, 0.25) is 0 Å². The van der Waals surface area contributed by atoms with Crippen LogP contribution >= 0.6 is 0 Å². The van der Waals surface area contributed by atoms with E-state index in [4.69, 9.17) is 9.84 Å². The van der Waals surface area contributed by atoms with Gasteiger partial charge in [0.1, 0.15) is 11.6 Å². The maximum absolute atomic E-state index is 13.3. The van der Waals surface area contributed by atoms with E-state index in [-0.39, 0.29) is 12.4 Å². The molecule has 0 atom stereocenters. The Balaban J connectivity index is 1.85. The number of aliphatic hydroxyl groups excluding tert-OH is 1. The third-order valence-corrected chi connectivity index (χ3v) is 3.31. The molecule has 0 heterocycles. The van der Waals surface area contributed by atoms with Gasteiger partial charge in [-0.05, 0) is 23.8 Å². The van der Waals surface area contributed by atoms with E-state index in [0.29, 0.717) is 18.7 Å². The first kappa shape index (κ1) is 16.2. The van der Waals surface area contributed by atoms with Crippen molar-refractivity contribution in [2.24, 2.45) is 0 Å². The fourth-order valence-corrected chi connectivity index (χ4v) is 2.15. The molecule has 2 aromatic carbocycles. The van der Waals surface area contributed by atoms with E-state index in [0.717, 1.165) is 16.9 Å². The smallest absolute Gasteiger partial charge is 0.128 e. The highest BCUT2D eigenvalue weighted by molar-refractivity contribution is 5.57. The standard InChI is InChI=1S/C18H20FNO2/c1-22-18-7-3-2-5-15(18)6-4-10-20-12-14-8-9-17(19)16(11-14)13-21/h2-9,11,20-21H,10,12-13H2,1H3/b6-4+. The molecule has 0 unspecified atom stereocenters. The molecule has 0 saturated carbocycles. The molecule has 0 amide bonds. The Morgan fingerprint density at radius 3 is 2.82 bits per heavy atom.